The minimum Gasteiger partial charge on any atom is -0.347 e. The van der Waals surface area contributed by atoms with E-state index in [4.69, 9.17) is 0 Å². The smallest absolute Gasteiger partial charge is 0.270 e. The van der Waals surface area contributed by atoms with Gasteiger partial charge in [-0.3, -0.25) is 4.79 Å². The molecule has 0 radical (unpaired) electrons. The fourth-order valence-corrected chi connectivity index (χ4v) is 2.56. The van der Waals surface area contributed by atoms with Crippen LogP contribution in [0.3, 0.4) is 0 Å². The van der Waals surface area contributed by atoms with Crippen LogP contribution >= 0.6 is 0 Å². The van der Waals surface area contributed by atoms with Crippen molar-refractivity contribution in [2.45, 2.75) is 18.8 Å². The number of H-pyrrole nitrogens is 1. The van der Waals surface area contributed by atoms with Crippen molar-refractivity contribution in [3.05, 3.63) is 29.8 Å². The highest BCUT2D eigenvalue weighted by atomic mass is 16.2. The third-order valence-electron chi connectivity index (χ3n) is 3.60. The Labute approximate surface area is 110 Å². The molecule has 1 amide bonds. The van der Waals surface area contributed by atoms with Crippen LogP contribution in [0.4, 0.5) is 0 Å². The first-order valence-electron chi connectivity index (χ1n) is 6.39. The van der Waals surface area contributed by atoms with Crippen LogP contribution in [0.1, 0.15) is 35.1 Å². The number of likely N-dealkylation sites (tertiary alicyclic amines) is 1. The largest absolute Gasteiger partial charge is 0.347 e. The predicted octanol–water partition coefficient (Wildman–Crippen LogP) is 0.558. The number of rotatable bonds is 2. The van der Waals surface area contributed by atoms with Crippen LogP contribution in [0.5, 0.6) is 0 Å². The van der Waals surface area contributed by atoms with Crippen molar-refractivity contribution < 1.29 is 4.79 Å². The summed E-state index contributed by atoms with van der Waals surface area (Å²) in [4.78, 5) is 14.3. The maximum Gasteiger partial charge on any atom is 0.270 e. The molecule has 7 nitrogen and oxygen atoms in total. The number of aromatic nitrogens is 5. The van der Waals surface area contributed by atoms with E-state index in [1.165, 1.54) is 0 Å². The number of hydrogen-bond donors (Lipinski definition) is 1. The maximum absolute atomic E-state index is 12.4. The lowest BCUT2D eigenvalue weighted by Gasteiger charge is -2.31. The van der Waals surface area contributed by atoms with Crippen molar-refractivity contribution in [2.24, 2.45) is 7.05 Å². The highest BCUT2D eigenvalue weighted by Crippen LogP contribution is 2.24. The molecule has 1 saturated heterocycles. The molecular formula is C12H16N6O. The van der Waals surface area contributed by atoms with Crippen LogP contribution in [0.15, 0.2) is 18.3 Å². The topological polar surface area (TPSA) is 79.7 Å². The van der Waals surface area contributed by atoms with Crippen molar-refractivity contribution in [3.63, 3.8) is 0 Å². The Morgan fingerprint density at radius 2 is 2.42 bits per heavy atom. The van der Waals surface area contributed by atoms with Gasteiger partial charge in [-0.25, -0.2) is 0 Å². The molecular weight excluding hydrogens is 244 g/mol. The SMILES string of the molecule is Cn1cccc1C(=O)N1CCCC(c2nn[nH]n2)C1. The molecule has 2 aromatic rings. The van der Waals surface area contributed by atoms with E-state index in [0.29, 0.717) is 18.1 Å². The molecule has 0 bridgehead atoms. The number of tetrazole rings is 1. The van der Waals surface area contributed by atoms with Crippen LogP contribution in [-0.2, 0) is 7.05 Å². The monoisotopic (exact) mass is 260 g/mol. The first kappa shape index (κ1) is 11.9. The number of hydrogen-bond acceptors (Lipinski definition) is 4. The Kier molecular flexibility index (Phi) is 3.02. The van der Waals surface area contributed by atoms with Gasteiger partial charge in [-0.2, -0.15) is 5.21 Å². The molecule has 3 rings (SSSR count). The predicted molar refractivity (Wildman–Crippen MR) is 67.5 cm³/mol. The van der Waals surface area contributed by atoms with Crippen LogP contribution in [0, 0.1) is 0 Å². The first-order valence-corrected chi connectivity index (χ1v) is 6.39. The van der Waals surface area contributed by atoms with Crippen LogP contribution in [0.25, 0.3) is 0 Å². The van der Waals surface area contributed by atoms with E-state index < -0.39 is 0 Å². The van der Waals surface area contributed by atoms with E-state index in [1.807, 2.05) is 34.8 Å². The van der Waals surface area contributed by atoms with Crippen LogP contribution in [-0.4, -0.2) is 49.1 Å². The van der Waals surface area contributed by atoms with E-state index in [0.717, 1.165) is 19.4 Å². The van der Waals surface area contributed by atoms with Gasteiger partial charge in [-0.05, 0) is 25.0 Å². The number of nitrogens with one attached hydrogen (secondary N) is 1. The van der Waals surface area contributed by atoms with Gasteiger partial charge < -0.3 is 9.47 Å². The number of aryl methyl sites for hydroxylation is 1. The third-order valence-corrected chi connectivity index (χ3v) is 3.60. The van der Waals surface area contributed by atoms with Gasteiger partial charge in [0.15, 0.2) is 5.82 Å². The van der Waals surface area contributed by atoms with Gasteiger partial charge in [0.25, 0.3) is 5.91 Å². The summed E-state index contributed by atoms with van der Waals surface area (Å²) in [5.41, 5.74) is 0.716. The molecule has 2 aromatic heterocycles. The number of aromatic amines is 1. The number of piperidine rings is 1. The first-order chi connectivity index (χ1) is 9.25. The number of amides is 1. The summed E-state index contributed by atoms with van der Waals surface area (Å²) in [7, 11) is 1.88. The molecule has 1 unspecified atom stereocenters. The molecule has 1 aliphatic heterocycles. The van der Waals surface area contributed by atoms with Crippen molar-refractivity contribution in [1.29, 1.82) is 0 Å². The Balaban J connectivity index is 1.75. The molecule has 0 spiro atoms. The van der Waals surface area contributed by atoms with Crippen molar-refractivity contribution in [2.75, 3.05) is 13.1 Å². The van der Waals surface area contributed by atoms with Crippen LogP contribution < -0.4 is 0 Å². The highest BCUT2D eigenvalue weighted by Gasteiger charge is 2.28. The van der Waals surface area contributed by atoms with Crippen LogP contribution in [0.2, 0.25) is 0 Å². The van der Waals surface area contributed by atoms with Crippen molar-refractivity contribution in [1.82, 2.24) is 30.1 Å². The average molecular weight is 260 g/mol. The number of nitrogens with zero attached hydrogens (tertiary/aromatic N) is 5. The number of carbonyl (C=O) groups is 1. The van der Waals surface area contributed by atoms with Gasteiger partial charge in [-0.1, -0.05) is 5.21 Å². The normalized spacial score (nSPS) is 19.6. The Hall–Kier alpha value is -2.18. The standard InChI is InChI=1S/C12H16N6O/c1-17-6-3-5-10(17)12(19)18-7-2-4-9(8-18)11-13-15-16-14-11/h3,5-6,9H,2,4,7-8H2,1H3,(H,13,14,15,16). The molecule has 3 heterocycles. The second kappa shape index (κ2) is 4.83. The molecule has 0 aliphatic carbocycles. The summed E-state index contributed by atoms with van der Waals surface area (Å²) in [6.45, 7) is 1.45. The quantitative estimate of drug-likeness (QED) is 0.855. The molecule has 100 valence electrons. The fourth-order valence-electron chi connectivity index (χ4n) is 2.56. The molecule has 1 atom stereocenters. The maximum atomic E-state index is 12.4. The summed E-state index contributed by atoms with van der Waals surface area (Å²) in [6.07, 6.45) is 3.85. The van der Waals surface area contributed by atoms with E-state index in [1.54, 1.807) is 0 Å². The van der Waals surface area contributed by atoms with Gasteiger partial charge in [0.1, 0.15) is 5.69 Å². The molecule has 7 heteroatoms. The van der Waals surface area contributed by atoms with Gasteiger partial charge in [0.05, 0.1) is 0 Å². The average Bonchev–Trinajstić information content (AvgIpc) is 3.09. The fraction of sp³-hybridized carbons (Fsp3) is 0.500. The van der Waals surface area contributed by atoms with E-state index in [9.17, 15) is 4.79 Å². The summed E-state index contributed by atoms with van der Waals surface area (Å²) >= 11 is 0. The Bertz CT molecular complexity index is 561. The zero-order valence-corrected chi connectivity index (χ0v) is 10.8. The van der Waals surface area contributed by atoms with Crippen molar-refractivity contribution in [3.8, 4) is 0 Å². The lowest BCUT2D eigenvalue weighted by atomic mass is 9.97. The second-order valence-corrected chi connectivity index (χ2v) is 4.86. The molecule has 1 N–H and O–H groups in total. The van der Waals surface area contributed by atoms with Gasteiger partial charge in [0.2, 0.25) is 0 Å². The summed E-state index contributed by atoms with van der Waals surface area (Å²) in [5, 5.41) is 14.1. The number of carbonyl (C=O) groups excluding carboxylic acids is 1. The molecule has 1 aliphatic rings. The van der Waals surface area contributed by atoms with E-state index >= 15 is 0 Å². The van der Waals surface area contributed by atoms with Gasteiger partial charge >= 0.3 is 0 Å². The lowest BCUT2D eigenvalue weighted by Crippen LogP contribution is -2.40. The van der Waals surface area contributed by atoms with Gasteiger partial charge in [-0.15, -0.1) is 10.2 Å². The molecule has 1 fully saturated rings. The molecule has 19 heavy (non-hydrogen) atoms. The van der Waals surface area contributed by atoms with E-state index in [-0.39, 0.29) is 11.8 Å². The molecule has 0 aromatic carbocycles. The minimum atomic E-state index is 0.0701. The molecule has 0 saturated carbocycles. The van der Waals surface area contributed by atoms with Crippen molar-refractivity contribution >= 4 is 5.91 Å². The van der Waals surface area contributed by atoms with Gasteiger partial charge in [0, 0.05) is 32.3 Å². The third kappa shape index (κ3) is 2.23. The zero-order chi connectivity index (χ0) is 13.2. The second-order valence-electron chi connectivity index (χ2n) is 4.86. The minimum absolute atomic E-state index is 0.0701. The summed E-state index contributed by atoms with van der Waals surface area (Å²) in [5.74, 6) is 0.946. The summed E-state index contributed by atoms with van der Waals surface area (Å²) < 4.78 is 1.85. The highest BCUT2D eigenvalue weighted by molar-refractivity contribution is 5.92. The summed E-state index contributed by atoms with van der Waals surface area (Å²) in [6, 6.07) is 3.73. The Morgan fingerprint density at radius 3 is 3.11 bits per heavy atom. The van der Waals surface area contributed by atoms with E-state index in [2.05, 4.69) is 20.6 Å². The zero-order valence-electron chi connectivity index (χ0n) is 10.8. The Morgan fingerprint density at radius 1 is 1.53 bits per heavy atom. The lowest BCUT2D eigenvalue weighted by molar-refractivity contribution is 0.0695.